The number of hydrogen-bond donors (Lipinski definition) is 2. The maximum atomic E-state index is 11.9. The number of amides is 1. The molecule has 0 aromatic carbocycles. The van der Waals surface area contributed by atoms with Crippen LogP contribution >= 0.6 is 24.0 Å². The normalized spacial score (nSPS) is 27.6. The molecule has 1 aliphatic heterocycles. The smallest absolute Gasteiger partial charge is 0.243 e. The molecule has 2 fully saturated rings. The van der Waals surface area contributed by atoms with Crippen molar-refractivity contribution in [3.63, 3.8) is 0 Å². The molecule has 1 aliphatic carbocycles. The molecule has 0 aromatic heterocycles. The topological polar surface area (TPSA) is 66.0 Å². The monoisotopic (exact) mass is 466 g/mol. The minimum atomic E-state index is 0. The quantitative estimate of drug-likeness (QED) is 0.370. The molecule has 1 heterocycles. The number of hydrogen-bond acceptors (Lipinski definition) is 3. The van der Waals surface area contributed by atoms with Crippen molar-refractivity contribution >= 4 is 35.8 Å². The van der Waals surface area contributed by atoms with E-state index in [9.17, 15) is 4.79 Å². The van der Waals surface area contributed by atoms with Crippen molar-refractivity contribution in [2.75, 3.05) is 33.8 Å². The van der Waals surface area contributed by atoms with Crippen LogP contribution in [0.25, 0.3) is 0 Å². The molecule has 0 bridgehead atoms. The SMILES string of the molecule is CC(C)CNC(=NCC(=O)N(C)C)NC1C2CCCOC2C1(C)C.I. The molecule has 2 rings (SSSR count). The van der Waals surface area contributed by atoms with Gasteiger partial charge in [0.25, 0.3) is 0 Å². The summed E-state index contributed by atoms with van der Waals surface area (Å²) >= 11 is 0. The lowest BCUT2D eigenvalue weighted by atomic mass is 9.55. The number of carbonyl (C=O) groups excluding carboxylic acids is 1. The van der Waals surface area contributed by atoms with Crippen molar-refractivity contribution < 1.29 is 9.53 Å². The second-order valence-corrected chi connectivity index (χ2v) is 8.27. The fourth-order valence-corrected chi connectivity index (χ4v) is 3.70. The van der Waals surface area contributed by atoms with Crippen LogP contribution in [0.15, 0.2) is 4.99 Å². The van der Waals surface area contributed by atoms with E-state index in [4.69, 9.17) is 4.74 Å². The Morgan fingerprint density at radius 1 is 1.36 bits per heavy atom. The van der Waals surface area contributed by atoms with Crippen LogP contribution in [0, 0.1) is 17.3 Å². The summed E-state index contributed by atoms with van der Waals surface area (Å²) in [7, 11) is 3.51. The Morgan fingerprint density at radius 3 is 2.64 bits per heavy atom. The third kappa shape index (κ3) is 5.45. The van der Waals surface area contributed by atoms with E-state index in [0.29, 0.717) is 24.0 Å². The van der Waals surface area contributed by atoms with E-state index in [1.54, 1.807) is 19.0 Å². The molecular formula is C18H35IN4O2. The molecule has 1 amide bonds. The minimum absolute atomic E-state index is 0. The van der Waals surface area contributed by atoms with Gasteiger partial charge in [-0.1, -0.05) is 27.7 Å². The number of nitrogens with zero attached hydrogens (tertiary/aromatic N) is 2. The highest BCUT2D eigenvalue weighted by Crippen LogP contribution is 2.51. The molecule has 0 spiro atoms. The average Bonchev–Trinajstić information content (AvgIpc) is 2.53. The van der Waals surface area contributed by atoms with E-state index in [2.05, 4.69) is 43.3 Å². The van der Waals surface area contributed by atoms with Crippen molar-refractivity contribution in [2.24, 2.45) is 22.2 Å². The second-order valence-electron chi connectivity index (χ2n) is 8.27. The number of likely N-dealkylation sites (N-methyl/N-ethyl adjacent to an activating group) is 1. The van der Waals surface area contributed by atoms with Crippen molar-refractivity contribution in [3.8, 4) is 0 Å². The van der Waals surface area contributed by atoms with Crippen LogP contribution in [0.2, 0.25) is 0 Å². The lowest BCUT2D eigenvalue weighted by molar-refractivity contribution is -0.188. The summed E-state index contributed by atoms with van der Waals surface area (Å²) < 4.78 is 5.97. The average molecular weight is 466 g/mol. The first kappa shape index (κ1) is 22.5. The Bertz CT molecular complexity index is 480. The van der Waals surface area contributed by atoms with Gasteiger partial charge in [0.15, 0.2) is 5.96 Å². The second kappa shape index (κ2) is 9.39. The van der Waals surface area contributed by atoms with Crippen LogP contribution in [0.1, 0.15) is 40.5 Å². The van der Waals surface area contributed by atoms with Crippen LogP contribution in [0.5, 0.6) is 0 Å². The Hall–Kier alpha value is -0.570. The number of aliphatic imine (C=N–C) groups is 1. The van der Waals surface area contributed by atoms with Crippen molar-refractivity contribution in [2.45, 2.75) is 52.7 Å². The molecule has 0 radical (unpaired) electrons. The molecule has 3 atom stereocenters. The molecule has 2 N–H and O–H groups in total. The van der Waals surface area contributed by atoms with Gasteiger partial charge in [-0.05, 0) is 18.8 Å². The summed E-state index contributed by atoms with van der Waals surface area (Å²) in [6.45, 7) is 10.7. The van der Waals surface area contributed by atoms with E-state index < -0.39 is 0 Å². The lowest BCUT2D eigenvalue weighted by Crippen LogP contribution is -2.71. The highest BCUT2D eigenvalue weighted by atomic mass is 127. The van der Waals surface area contributed by atoms with Crippen LogP contribution in [0.3, 0.4) is 0 Å². The first-order valence-corrected chi connectivity index (χ1v) is 9.10. The van der Waals surface area contributed by atoms with Crippen LogP contribution in [-0.2, 0) is 9.53 Å². The molecule has 25 heavy (non-hydrogen) atoms. The van der Waals surface area contributed by atoms with Crippen LogP contribution in [-0.4, -0.2) is 62.7 Å². The first-order valence-electron chi connectivity index (χ1n) is 9.10. The number of carbonyl (C=O) groups is 1. The Kier molecular flexibility index (Phi) is 8.44. The summed E-state index contributed by atoms with van der Waals surface area (Å²) in [5.74, 6) is 1.79. The molecule has 1 saturated carbocycles. The van der Waals surface area contributed by atoms with Gasteiger partial charge in [-0.2, -0.15) is 0 Å². The maximum Gasteiger partial charge on any atom is 0.243 e. The maximum absolute atomic E-state index is 11.9. The molecule has 146 valence electrons. The van der Waals surface area contributed by atoms with Crippen LogP contribution < -0.4 is 10.6 Å². The fraction of sp³-hybridized carbons (Fsp3) is 0.889. The van der Waals surface area contributed by atoms with Crippen molar-refractivity contribution in [1.29, 1.82) is 0 Å². The number of rotatable bonds is 5. The van der Waals surface area contributed by atoms with Gasteiger partial charge in [-0.15, -0.1) is 24.0 Å². The minimum Gasteiger partial charge on any atom is -0.377 e. The van der Waals surface area contributed by atoms with E-state index in [-0.39, 0.29) is 41.8 Å². The van der Waals surface area contributed by atoms with Crippen LogP contribution in [0.4, 0.5) is 0 Å². The van der Waals surface area contributed by atoms with Gasteiger partial charge >= 0.3 is 0 Å². The van der Waals surface area contributed by atoms with Gasteiger partial charge in [0.2, 0.25) is 5.91 Å². The van der Waals surface area contributed by atoms with E-state index in [1.165, 1.54) is 6.42 Å². The van der Waals surface area contributed by atoms with Gasteiger partial charge in [-0.25, -0.2) is 4.99 Å². The summed E-state index contributed by atoms with van der Waals surface area (Å²) in [5.41, 5.74) is 0.0803. The molecule has 1 saturated heterocycles. The van der Waals surface area contributed by atoms with E-state index >= 15 is 0 Å². The van der Waals surface area contributed by atoms with E-state index in [1.807, 2.05) is 0 Å². The fourth-order valence-electron chi connectivity index (χ4n) is 3.70. The Balaban J connectivity index is 0.00000312. The third-order valence-corrected chi connectivity index (χ3v) is 5.17. The summed E-state index contributed by atoms with van der Waals surface area (Å²) in [6.07, 6.45) is 2.65. The summed E-state index contributed by atoms with van der Waals surface area (Å²) in [6, 6.07) is 0.329. The Labute approximate surface area is 169 Å². The molecule has 3 unspecified atom stereocenters. The van der Waals surface area contributed by atoms with Gasteiger partial charge in [-0.3, -0.25) is 4.79 Å². The van der Waals surface area contributed by atoms with Gasteiger partial charge < -0.3 is 20.3 Å². The number of guanidine groups is 1. The van der Waals surface area contributed by atoms with Gasteiger partial charge in [0.05, 0.1) is 6.10 Å². The number of nitrogens with one attached hydrogen (secondary N) is 2. The third-order valence-electron chi connectivity index (χ3n) is 5.17. The zero-order chi connectivity index (χ0) is 17.9. The predicted molar refractivity (Wildman–Crippen MR) is 112 cm³/mol. The highest BCUT2D eigenvalue weighted by Gasteiger charge is 2.58. The lowest BCUT2D eigenvalue weighted by Gasteiger charge is -2.60. The highest BCUT2D eigenvalue weighted by molar-refractivity contribution is 14.0. The molecule has 2 aliphatic rings. The van der Waals surface area contributed by atoms with E-state index in [0.717, 1.165) is 25.5 Å². The summed E-state index contributed by atoms with van der Waals surface area (Å²) in [5, 5.41) is 6.95. The van der Waals surface area contributed by atoms with Gasteiger partial charge in [0, 0.05) is 44.6 Å². The number of halogens is 1. The summed E-state index contributed by atoms with van der Waals surface area (Å²) in [4.78, 5) is 17.9. The standard InChI is InChI=1S/C18H34N4O2.HI/c1-12(2)10-19-17(20-11-14(23)22(5)6)21-15-13-8-7-9-24-16(13)18(15,3)4;/h12-13,15-16H,7-11H2,1-6H3,(H2,19,20,21);1H. The molecule has 7 heteroatoms. The zero-order valence-corrected chi connectivity index (χ0v) is 18.8. The Morgan fingerprint density at radius 2 is 2.04 bits per heavy atom. The van der Waals surface area contributed by atoms with Crippen molar-refractivity contribution in [1.82, 2.24) is 15.5 Å². The predicted octanol–water partition coefficient (Wildman–Crippen LogP) is 2.09. The molecule has 0 aromatic rings. The largest absolute Gasteiger partial charge is 0.377 e. The van der Waals surface area contributed by atoms with Gasteiger partial charge in [0.1, 0.15) is 6.54 Å². The zero-order valence-electron chi connectivity index (χ0n) is 16.5. The molecule has 6 nitrogen and oxygen atoms in total. The van der Waals surface area contributed by atoms with Crippen molar-refractivity contribution in [3.05, 3.63) is 0 Å². The number of ether oxygens (including phenoxy) is 1. The number of fused-ring (bicyclic) bond motifs is 1. The molecular weight excluding hydrogens is 431 g/mol. The first-order chi connectivity index (χ1) is 11.2.